The van der Waals surface area contributed by atoms with Crippen LogP contribution in [0.15, 0.2) is 71.7 Å². The second kappa shape index (κ2) is 10.8. The van der Waals surface area contributed by atoms with Gasteiger partial charge in [0.15, 0.2) is 0 Å². The van der Waals surface area contributed by atoms with Crippen molar-refractivity contribution in [1.29, 1.82) is 0 Å². The predicted molar refractivity (Wildman–Crippen MR) is 154 cm³/mol. The molecule has 2 atom stereocenters. The Balaban J connectivity index is 0.00000308. The fourth-order valence-electron chi connectivity index (χ4n) is 6.15. The van der Waals surface area contributed by atoms with E-state index in [1.54, 1.807) is 6.07 Å². The molecule has 39 heavy (non-hydrogen) atoms. The maximum atomic E-state index is 10.2. The predicted octanol–water partition coefficient (Wildman–Crippen LogP) is 7.75. The molecule has 1 fully saturated rings. The number of fused-ring (bicyclic) bond motifs is 2. The van der Waals surface area contributed by atoms with Gasteiger partial charge in [-0.3, -0.25) is 0 Å². The summed E-state index contributed by atoms with van der Waals surface area (Å²) in [5.41, 5.74) is 5.47. The number of phenols is 1. The van der Waals surface area contributed by atoms with Crippen molar-refractivity contribution >= 4 is 22.4 Å². The summed E-state index contributed by atoms with van der Waals surface area (Å²) in [4.78, 5) is 12.4. The summed E-state index contributed by atoms with van der Waals surface area (Å²) in [5, 5.41) is 11.1. The molecule has 1 aliphatic heterocycles. The van der Waals surface area contributed by atoms with Gasteiger partial charge in [0.05, 0.1) is 11.9 Å². The van der Waals surface area contributed by atoms with E-state index in [0.717, 1.165) is 29.6 Å². The van der Waals surface area contributed by atoms with Crippen LogP contribution in [-0.2, 0) is 21.1 Å². The second-order valence-electron chi connectivity index (χ2n) is 11.5. The molecule has 0 unspecified atom stereocenters. The number of anilines is 1. The zero-order valence-electron chi connectivity index (χ0n) is 22.8. The van der Waals surface area contributed by atoms with E-state index >= 15 is 0 Å². The summed E-state index contributed by atoms with van der Waals surface area (Å²) in [6, 6.07) is 25.6. The standard InChI is InChI=1S/C33H34N3O2.Pt/c1-21-9-5-10-22(2)31(21)36-27-20-33(3,4)18-8-14-26(27)34-32(36)24-12-6-13-25(19-24)38-29-17-16-23-11-7-15-28(37)30(23)35-29;/h5-7,9-13,15-17,26-27,37H,8,14,18,20H2,1-4H3;/q-1;/t26-,27-;/m0./s1. The Labute approximate surface area is 245 Å². The summed E-state index contributed by atoms with van der Waals surface area (Å²) < 4.78 is 6.15. The Hall–Kier alpha value is -3.17. The van der Waals surface area contributed by atoms with Crippen LogP contribution in [0.2, 0.25) is 0 Å². The van der Waals surface area contributed by atoms with Crippen LogP contribution < -0.4 is 9.64 Å². The van der Waals surface area contributed by atoms with E-state index in [2.05, 4.69) is 67.9 Å². The van der Waals surface area contributed by atoms with Crippen LogP contribution in [0.25, 0.3) is 10.9 Å². The normalized spacial score (nSPS) is 20.1. The number of aliphatic imine (C=N–C) groups is 1. The number of ether oxygens (including phenoxy) is 1. The Morgan fingerprint density at radius 2 is 1.72 bits per heavy atom. The maximum absolute atomic E-state index is 10.2. The number of aromatic nitrogens is 1. The monoisotopic (exact) mass is 699 g/mol. The van der Waals surface area contributed by atoms with E-state index in [1.807, 2.05) is 36.4 Å². The Morgan fingerprint density at radius 3 is 2.51 bits per heavy atom. The van der Waals surface area contributed by atoms with Crippen molar-refractivity contribution in [3.05, 3.63) is 89.5 Å². The Morgan fingerprint density at radius 1 is 0.974 bits per heavy atom. The molecule has 2 aliphatic rings. The van der Waals surface area contributed by atoms with Gasteiger partial charge < -0.3 is 19.7 Å². The minimum atomic E-state index is 0. The van der Waals surface area contributed by atoms with Crippen molar-refractivity contribution in [2.75, 3.05) is 4.90 Å². The first-order valence-corrected chi connectivity index (χ1v) is 13.5. The van der Waals surface area contributed by atoms with Crippen molar-refractivity contribution in [3.8, 4) is 17.4 Å². The number of aromatic hydroxyl groups is 1. The van der Waals surface area contributed by atoms with Crippen LogP contribution in [0.1, 0.15) is 56.2 Å². The minimum Gasteiger partial charge on any atom is -0.506 e. The summed E-state index contributed by atoms with van der Waals surface area (Å²) >= 11 is 0. The van der Waals surface area contributed by atoms with Gasteiger partial charge in [-0.25, -0.2) is 4.98 Å². The van der Waals surface area contributed by atoms with Gasteiger partial charge in [0.1, 0.15) is 11.3 Å². The largest absolute Gasteiger partial charge is 0.506 e. The first-order valence-electron chi connectivity index (χ1n) is 13.5. The van der Waals surface area contributed by atoms with Crippen molar-refractivity contribution in [2.24, 2.45) is 10.4 Å². The van der Waals surface area contributed by atoms with Gasteiger partial charge in [0.25, 0.3) is 0 Å². The van der Waals surface area contributed by atoms with Crippen LogP contribution in [0, 0.1) is 25.3 Å². The van der Waals surface area contributed by atoms with Crippen molar-refractivity contribution in [1.82, 2.24) is 4.98 Å². The van der Waals surface area contributed by atoms with E-state index in [0.29, 0.717) is 23.2 Å². The number of pyridine rings is 1. The van der Waals surface area contributed by atoms with Crippen LogP contribution in [-0.4, -0.2) is 28.0 Å². The topological polar surface area (TPSA) is 58.0 Å². The van der Waals surface area contributed by atoms with Gasteiger partial charge in [-0.2, -0.15) is 0 Å². The molecule has 5 nitrogen and oxygen atoms in total. The third-order valence-corrected chi connectivity index (χ3v) is 7.98. The van der Waals surface area contributed by atoms with Gasteiger partial charge in [-0.05, 0) is 61.8 Å². The number of benzene rings is 3. The SMILES string of the molecule is Cc1cccc(C)c1N1C(c2[c-]c(Oc3ccc4cccc(O)c4n3)ccc2)=N[C@H]2CCCC(C)(C)C[C@@H]21.[Pt]. The Bertz CT molecular complexity index is 1530. The van der Waals surface area contributed by atoms with Crippen LogP contribution in [0.5, 0.6) is 17.4 Å². The van der Waals surface area contributed by atoms with E-state index < -0.39 is 0 Å². The molecule has 1 aliphatic carbocycles. The summed E-state index contributed by atoms with van der Waals surface area (Å²) in [5.74, 6) is 2.09. The number of hydrogen-bond acceptors (Lipinski definition) is 5. The molecule has 4 aromatic rings. The van der Waals surface area contributed by atoms with Gasteiger partial charge >= 0.3 is 0 Å². The van der Waals surface area contributed by atoms with Crippen molar-refractivity contribution in [2.45, 2.75) is 65.5 Å². The molecule has 3 aromatic carbocycles. The molecule has 6 rings (SSSR count). The third-order valence-electron chi connectivity index (χ3n) is 7.98. The van der Waals surface area contributed by atoms with E-state index in [9.17, 15) is 5.11 Å². The number of para-hydroxylation sites is 2. The van der Waals surface area contributed by atoms with Gasteiger partial charge in [-0.1, -0.05) is 56.7 Å². The molecule has 1 N–H and O–H groups in total. The molecular formula is C33H34N3O2Pt-. The molecule has 0 bridgehead atoms. The number of aryl methyl sites for hydroxylation is 2. The average molecular weight is 700 g/mol. The minimum absolute atomic E-state index is 0. The van der Waals surface area contributed by atoms with Crippen LogP contribution in [0.3, 0.4) is 0 Å². The first kappa shape index (κ1) is 27.4. The number of phenolic OH excluding ortho intramolecular Hbond substituents is 1. The summed E-state index contributed by atoms with van der Waals surface area (Å²) in [6.45, 7) is 9.18. The molecule has 0 saturated heterocycles. The fraction of sp³-hybridized carbons (Fsp3) is 0.333. The van der Waals surface area contributed by atoms with Gasteiger partial charge in [0, 0.05) is 50.0 Å². The Kier molecular flexibility index (Phi) is 7.57. The maximum Gasteiger partial charge on any atom is 0.217 e. The molecule has 1 saturated carbocycles. The second-order valence-corrected chi connectivity index (χ2v) is 11.5. The van der Waals surface area contributed by atoms with Crippen molar-refractivity contribution < 1.29 is 30.9 Å². The molecule has 0 amide bonds. The van der Waals surface area contributed by atoms with Crippen LogP contribution in [0.4, 0.5) is 5.69 Å². The third kappa shape index (κ3) is 5.34. The molecule has 204 valence electrons. The number of rotatable bonds is 4. The molecule has 1 aromatic heterocycles. The molecule has 6 heteroatoms. The van der Waals surface area contributed by atoms with Gasteiger partial charge in [-0.15, -0.1) is 23.8 Å². The smallest absolute Gasteiger partial charge is 0.217 e. The quantitative estimate of drug-likeness (QED) is 0.222. The first-order chi connectivity index (χ1) is 18.3. The fourth-order valence-corrected chi connectivity index (χ4v) is 6.15. The zero-order valence-corrected chi connectivity index (χ0v) is 25.1. The number of hydrogen-bond donors (Lipinski definition) is 1. The zero-order chi connectivity index (χ0) is 26.4. The molecular weight excluding hydrogens is 665 g/mol. The number of nitrogens with zero attached hydrogens (tertiary/aromatic N) is 3. The average Bonchev–Trinajstić information content (AvgIpc) is 3.13. The summed E-state index contributed by atoms with van der Waals surface area (Å²) in [7, 11) is 0. The van der Waals surface area contributed by atoms with E-state index in [1.165, 1.54) is 29.7 Å². The number of amidine groups is 1. The molecule has 2 heterocycles. The van der Waals surface area contributed by atoms with Gasteiger partial charge in [0.2, 0.25) is 5.88 Å². The summed E-state index contributed by atoms with van der Waals surface area (Å²) in [6.07, 6.45) is 4.62. The van der Waals surface area contributed by atoms with E-state index in [-0.39, 0.29) is 38.3 Å². The van der Waals surface area contributed by atoms with Crippen LogP contribution >= 0.6 is 0 Å². The van der Waals surface area contributed by atoms with Crippen molar-refractivity contribution in [3.63, 3.8) is 0 Å². The molecule has 0 radical (unpaired) electrons. The van der Waals surface area contributed by atoms with E-state index in [4.69, 9.17) is 9.73 Å². The molecule has 0 spiro atoms.